The molecule has 2 rings (SSSR count). The molecule has 7 nitrogen and oxygen atoms in total. The van der Waals surface area contributed by atoms with E-state index >= 15 is 0 Å². The number of aryl methyl sites for hydroxylation is 1. The van der Waals surface area contributed by atoms with Crippen molar-refractivity contribution in [2.24, 2.45) is 4.99 Å². The van der Waals surface area contributed by atoms with E-state index in [0.29, 0.717) is 13.2 Å². The van der Waals surface area contributed by atoms with Gasteiger partial charge in [0.25, 0.3) is 0 Å². The van der Waals surface area contributed by atoms with Crippen molar-refractivity contribution in [1.82, 2.24) is 20.4 Å². The zero-order valence-corrected chi connectivity index (χ0v) is 17.3. The predicted octanol–water partition coefficient (Wildman–Crippen LogP) is 2.87. The predicted molar refractivity (Wildman–Crippen MR) is 113 cm³/mol. The van der Waals surface area contributed by atoms with Gasteiger partial charge in [-0.25, -0.2) is 0 Å². The van der Waals surface area contributed by atoms with Gasteiger partial charge < -0.3 is 20.1 Å². The van der Waals surface area contributed by atoms with Gasteiger partial charge in [0.1, 0.15) is 0 Å². The van der Waals surface area contributed by atoms with Crippen LogP contribution in [-0.2, 0) is 13.0 Å². The fourth-order valence-corrected chi connectivity index (χ4v) is 2.77. The van der Waals surface area contributed by atoms with Gasteiger partial charge in [-0.1, -0.05) is 6.07 Å². The Morgan fingerprint density at radius 3 is 2.64 bits per heavy atom. The lowest BCUT2D eigenvalue weighted by molar-refractivity contribution is 0.287. The molecule has 28 heavy (non-hydrogen) atoms. The van der Waals surface area contributed by atoms with Crippen molar-refractivity contribution in [1.29, 1.82) is 0 Å². The Morgan fingerprint density at radius 2 is 1.93 bits per heavy atom. The zero-order chi connectivity index (χ0) is 20.0. The summed E-state index contributed by atoms with van der Waals surface area (Å²) in [5.74, 6) is 2.45. The summed E-state index contributed by atoms with van der Waals surface area (Å²) in [5.41, 5.74) is 1.20. The van der Waals surface area contributed by atoms with E-state index in [1.807, 2.05) is 36.9 Å². The molecular formula is C21H33N5O2. The quantitative estimate of drug-likeness (QED) is 0.333. The van der Waals surface area contributed by atoms with Crippen molar-refractivity contribution in [3.63, 3.8) is 0 Å². The highest BCUT2D eigenvalue weighted by Gasteiger charge is 2.06. The maximum Gasteiger partial charge on any atom is 0.191 e. The average Bonchev–Trinajstić information content (AvgIpc) is 3.21. The molecule has 1 heterocycles. The number of aromatic nitrogens is 2. The van der Waals surface area contributed by atoms with E-state index in [4.69, 9.17) is 9.47 Å². The number of benzene rings is 1. The topological polar surface area (TPSA) is 72.7 Å². The number of ether oxygens (including phenoxy) is 2. The molecule has 0 atom stereocenters. The van der Waals surface area contributed by atoms with Gasteiger partial charge in [-0.05, 0) is 57.4 Å². The number of hydrogen-bond acceptors (Lipinski definition) is 4. The molecule has 0 saturated heterocycles. The Labute approximate surface area is 168 Å². The number of rotatable bonds is 12. The van der Waals surface area contributed by atoms with Crippen LogP contribution in [0.25, 0.3) is 0 Å². The molecule has 0 spiro atoms. The minimum Gasteiger partial charge on any atom is -0.490 e. The largest absolute Gasteiger partial charge is 0.490 e. The zero-order valence-electron chi connectivity index (χ0n) is 17.3. The molecule has 0 unspecified atom stereocenters. The minimum atomic E-state index is 0.623. The smallest absolute Gasteiger partial charge is 0.191 e. The highest BCUT2D eigenvalue weighted by atomic mass is 16.5. The Kier molecular flexibility index (Phi) is 9.75. The van der Waals surface area contributed by atoms with Gasteiger partial charge in [0.05, 0.1) is 13.2 Å². The van der Waals surface area contributed by atoms with Gasteiger partial charge in [0.2, 0.25) is 0 Å². The van der Waals surface area contributed by atoms with Crippen LogP contribution in [0.4, 0.5) is 0 Å². The average molecular weight is 388 g/mol. The molecular weight excluding hydrogens is 354 g/mol. The summed E-state index contributed by atoms with van der Waals surface area (Å²) >= 11 is 0. The first kappa shape index (κ1) is 21.6. The summed E-state index contributed by atoms with van der Waals surface area (Å²) in [5, 5.41) is 10.9. The van der Waals surface area contributed by atoms with E-state index in [0.717, 1.165) is 56.5 Å². The van der Waals surface area contributed by atoms with Crippen LogP contribution in [-0.4, -0.2) is 48.6 Å². The van der Waals surface area contributed by atoms with Crippen LogP contribution in [0.5, 0.6) is 11.5 Å². The number of nitrogens with one attached hydrogen (secondary N) is 2. The molecule has 2 aromatic rings. The summed E-state index contributed by atoms with van der Waals surface area (Å²) in [6.45, 7) is 10.5. The third-order valence-electron chi connectivity index (χ3n) is 4.03. The third kappa shape index (κ3) is 7.50. The Balaban J connectivity index is 1.82. The highest BCUT2D eigenvalue weighted by Crippen LogP contribution is 2.28. The van der Waals surface area contributed by atoms with E-state index < -0.39 is 0 Å². The van der Waals surface area contributed by atoms with E-state index in [2.05, 4.69) is 39.8 Å². The highest BCUT2D eigenvalue weighted by molar-refractivity contribution is 5.79. The van der Waals surface area contributed by atoms with Gasteiger partial charge in [0, 0.05) is 38.6 Å². The summed E-state index contributed by atoms with van der Waals surface area (Å²) in [4.78, 5) is 4.64. The molecule has 0 radical (unpaired) electrons. The van der Waals surface area contributed by atoms with Crippen molar-refractivity contribution in [2.45, 2.75) is 40.2 Å². The molecule has 0 aliphatic carbocycles. The lowest BCUT2D eigenvalue weighted by Gasteiger charge is -2.14. The first-order chi connectivity index (χ1) is 13.8. The maximum absolute atomic E-state index is 5.70. The molecule has 7 heteroatoms. The van der Waals surface area contributed by atoms with Crippen LogP contribution in [0.2, 0.25) is 0 Å². The van der Waals surface area contributed by atoms with Crippen LogP contribution < -0.4 is 20.1 Å². The second-order valence-electron chi connectivity index (χ2n) is 6.21. The van der Waals surface area contributed by atoms with Crippen LogP contribution in [0.15, 0.2) is 41.7 Å². The second-order valence-corrected chi connectivity index (χ2v) is 6.21. The third-order valence-corrected chi connectivity index (χ3v) is 4.03. The molecule has 1 aromatic carbocycles. The standard InChI is InChI=1S/C21H33N5O2/c1-4-22-21(23-12-7-15-26-16-8-13-25-26)24-14-11-18-9-10-19(27-5-2)20(17-18)28-6-3/h8-10,13,16-17H,4-7,11-12,14-15H2,1-3H3,(H2,22,23,24). The van der Waals surface area contributed by atoms with E-state index in [-0.39, 0.29) is 0 Å². The lowest BCUT2D eigenvalue weighted by Crippen LogP contribution is -2.38. The molecule has 0 saturated carbocycles. The fourth-order valence-electron chi connectivity index (χ4n) is 2.77. The van der Waals surface area contributed by atoms with Crippen molar-refractivity contribution < 1.29 is 9.47 Å². The molecule has 1 aromatic heterocycles. The van der Waals surface area contributed by atoms with Gasteiger partial charge in [-0.3, -0.25) is 9.67 Å². The van der Waals surface area contributed by atoms with Gasteiger partial charge >= 0.3 is 0 Å². The first-order valence-corrected chi connectivity index (χ1v) is 10.1. The van der Waals surface area contributed by atoms with Crippen LogP contribution in [0.3, 0.4) is 0 Å². The van der Waals surface area contributed by atoms with E-state index in [9.17, 15) is 0 Å². The summed E-state index contributed by atoms with van der Waals surface area (Å²) in [7, 11) is 0. The maximum atomic E-state index is 5.70. The SMILES string of the molecule is CCNC(=NCCCn1cccn1)NCCc1ccc(OCC)c(OCC)c1. The van der Waals surface area contributed by atoms with Crippen molar-refractivity contribution in [2.75, 3.05) is 32.8 Å². The molecule has 0 aliphatic rings. The molecule has 0 aliphatic heterocycles. The summed E-state index contributed by atoms with van der Waals surface area (Å²) < 4.78 is 13.3. The normalized spacial score (nSPS) is 11.3. The molecule has 0 fully saturated rings. The van der Waals surface area contributed by atoms with E-state index in [1.54, 1.807) is 6.20 Å². The number of nitrogens with zero attached hydrogens (tertiary/aromatic N) is 3. The second kappa shape index (κ2) is 12.6. The molecule has 0 amide bonds. The first-order valence-electron chi connectivity index (χ1n) is 10.1. The van der Waals surface area contributed by atoms with Gasteiger partial charge in [0.15, 0.2) is 17.5 Å². The Hall–Kier alpha value is -2.70. The summed E-state index contributed by atoms with van der Waals surface area (Å²) in [6.07, 6.45) is 5.60. The van der Waals surface area contributed by atoms with Gasteiger partial charge in [-0.15, -0.1) is 0 Å². The van der Waals surface area contributed by atoms with E-state index in [1.165, 1.54) is 5.56 Å². The van der Waals surface area contributed by atoms with Crippen molar-refractivity contribution in [3.05, 3.63) is 42.2 Å². The minimum absolute atomic E-state index is 0.623. The molecule has 0 bridgehead atoms. The van der Waals surface area contributed by atoms with Crippen molar-refractivity contribution >= 4 is 5.96 Å². The fraction of sp³-hybridized carbons (Fsp3) is 0.524. The lowest BCUT2D eigenvalue weighted by atomic mass is 10.1. The number of hydrogen-bond donors (Lipinski definition) is 2. The monoisotopic (exact) mass is 387 g/mol. The van der Waals surface area contributed by atoms with Crippen LogP contribution >= 0.6 is 0 Å². The van der Waals surface area contributed by atoms with Crippen LogP contribution in [0.1, 0.15) is 32.8 Å². The van der Waals surface area contributed by atoms with Gasteiger partial charge in [-0.2, -0.15) is 5.10 Å². The Bertz CT molecular complexity index is 701. The number of guanidine groups is 1. The molecule has 2 N–H and O–H groups in total. The van der Waals surface area contributed by atoms with Crippen molar-refractivity contribution in [3.8, 4) is 11.5 Å². The summed E-state index contributed by atoms with van der Waals surface area (Å²) in [6, 6.07) is 8.07. The van der Waals surface area contributed by atoms with Crippen LogP contribution in [0, 0.1) is 0 Å². The Morgan fingerprint density at radius 1 is 1.11 bits per heavy atom. The number of aliphatic imine (C=N–C) groups is 1. The molecule has 154 valence electrons.